The van der Waals surface area contributed by atoms with Crippen molar-refractivity contribution in [3.05, 3.63) is 71.9 Å². The first-order chi connectivity index (χ1) is 11.6. The van der Waals surface area contributed by atoms with Crippen molar-refractivity contribution in [2.45, 2.75) is 26.3 Å². The molecule has 1 atom stereocenters. The Morgan fingerprint density at radius 1 is 1.17 bits per heavy atom. The number of nitrogens with zero attached hydrogens (tertiary/aromatic N) is 2. The molecule has 0 saturated heterocycles. The van der Waals surface area contributed by atoms with E-state index >= 15 is 0 Å². The lowest BCUT2D eigenvalue weighted by atomic mass is 10.1. The van der Waals surface area contributed by atoms with Gasteiger partial charge in [-0.1, -0.05) is 18.2 Å². The number of rotatable bonds is 5. The van der Waals surface area contributed by atoms with Gasteiger partial charge in [-0.3, -0.25) is 9.78 Å². The first-order valence-electron chi connectivity index (χ1n) is 7.84. The summed E-state index contributed by atoms with van der Waals surface area (Å²) in [6.07, 6.45) is 3.62. The predicted octanol–water partition coefficient (Wildman–Crippen LogP) is 3.46. The molecule has 1 N–H and O–H groups in total. The molecule has 3 aromatic rings. The number of oxazole rings is 1. The van der Waals surface area contributed by atoms with Gasteiger partial charge in [0.05, 0.1) is 18.2 Å². The molecule has 0 bridgehead atoms. The summed E-state index contributed by atoms with van der Waals surface area (Å²) in [6.45, 7) is 3.77. The van der Waals surface area contributed by atoms with Crippen LogP contribution in [0.1, 0.15) is 30.0 Å². The number of pyridine rings is 1. The summed E-state index contributed by atoms with van der Waals surface area (Å²) in [5.74, 6) is 1.12. The normalized spacial score (nSPS) is 11.9. The van der Waals surface area contributed by atoms with E-state index in [0.717, 1.165) is 11.1 Å². The molecule has 0 saturated carbocycles. The molecule has 5 heteroatoms. The van der Waals surface area contributed by atoms with Crippen molar-refractivity contribution in [2.24, 2.45) is 0 Å². The summed E-state index contributed by atoms with van der Waals surface area (Å²) in [5, 5.41) is 2.97. The van der Waals surface area contributed by atoms with E-state index in [4.69, 9.17) is 4.42 Å². The Labute approximate surface area is 140 Å². The van der Waals surface area contributed by atoms with Gasteiger partial charge in [-0.15, -0.1) is 0 Å². The van der Waals surface area contributed by atoms with Crippen LogP contribution in [0, 0.1) is 6.92 Å². The van der Waals surface area contributed by atoms with Gasteiger partial charge in [0.25, 0.3) is 0 Å². The zero-order chi connectivity index (χ0) is 16.9. The Morgan fingerprint density at radius 2 is 1.88 bits per heavy atom. The molecule has 0 aliphatic rings. The molecule has 3 rings (SSSR count). The minimum atomic E-state index is -0.0877. The number of carbonyl (C=O) groups is 1. The van der Waals surface area contributed by atoms with E-state index in [-0.39, 0.29) is 18.4 Å². The number of amides is 1. The minimum absolute atomic E-state index is 0.0821. The Hall–Kier alpha value is -2.95. The highest BCUT2D eigenvalue weighted by atomic mass is 16.4. The van der Waals surface area contributed by atoms with Crippen molar-refractivity contribution < 1.29 is 9.21 Å². The van der Waals surface area contributed by atoms with E-state index in [1.165, 1.54) is 0 Å². The van der Waals surface area contributed by atoms with Crippen LogP contribution < -0.4 is 5.32 Å². The molecule has 1 amide bonds. The fourth-order valence-corrected chi connectivity index (χ4v) is 2.48. The Balaban J connectivity index is 1.68. The molecule has 5 nitrogen and oxygen atoms in total. The number of aromatic nitrogens is 2. The van der Waals surface area contributed by atoms with Gasteiger partial charge < -0.3 is 9.73 Å². The molecule has 0 spiro atoms. The van der Waals surface area contributed by atoms with Crippen molar-refractivity contribution in [3.8, 4) is 11.5 Å². The maximum absolute atomic E-state index is 12.3. The molecule has 2 aromatic heterocycles. The van der Waals surface area contributed by atoms with Crippen LogP contribution in [0.4, 0.5) is 0 Å². The number of carbonyl (C=O) groups excluding carboxylic acids is 1. The van der Waals surface area contributed by atoms with Crippen LogP contribution in [-0.2, 0) is 11.2 Å². The first-order valence-corrected chi connectivity index (χ1v) is 7.84. The summed E-state index contributed by atoms with van der Waals surface area (Å²) in [4.78, 5) is 20.7. The van der Waals surface area contributed by atoms with E-state index in [2.05, 4.69) is 15.3 Å². The highest BCUT2D eigenvalue weighted by Gasteiger charge is 2.16. The molecule has 0 aliphatic carbocycles. The van der Waals surface area contributed by atoms with Gasteiger partial charge in [-0.2, -0.15) is 0 Å². The van der Waals surface area contributed by atoms with E-state index in [0.29, 0.717) is 17.3 Å². The quantitative estimate of drug-likeness (QED) is 0.781. The lowest BCUT2D eigenvalue weighted by Gasteiger charge is -2.13. The van der Waals surface area contributed by atoms with Gasteiger partial charge in [0.1, 0.15) is 5.76 Å². The monoisotopic (exact) mass is 321 g/mol. The van der Waals surface area contributed by atoms with Crippen LogP contribution in [0.5, 0.6) is 0 Å². The Bertz CT molecular complexity index is 813. The number of nitrogens with one attached hydrogen (secondary N) is 1. The molecule has 0 aliphatic heterocycles. The molecule has 24 heavy (non-hydrogen) atoms. The second-order valence-corrected chi connectivity index (χ2v) is 5.63. The molecule has 122 valence electrons. The third kappa shape index (κ3) is 3.68. The number of benzene rings is 1. The van der Waals surface area contributed by atoms with Gasteiger partial charge in [0.15, 0.2) is 0 Å². The SMILES string of the molecule is Cc1oc(-c2ccccc2)nc1CC(=O)NC(C)c1ccncc1. The van der Waals surface area contributed by atoms with E-state index in [1.807, 2.05) is 56.3 Å². The zero-order valence-corrected chi connectivity index (χ0v) is 13.7. The van der Waals surface area contributed by atoms with Crippen LogP contribution in [-0.4, -0.2) is 15.9 Å². The van der Waals surface area contributed by atoms with Crippen molar-refractivity contribution in [1.82, 2.24) is 15.3 Å². The minimum Gasteiger partial charge on any atom is -0.441 e. The molecule has 1 unspecified atom stereocenters. The highest BCUT2D eigenvalue weighted by molar-refractivity contribution is 5.79. The van der Waals surface area contributed by atoms with Crippen LogP contribution in [0.3, 0.4) is 0 Å². The van der Waals surface area contributed by atoms with Crippen molar-refractivity contribution in [3.63, 3.8) is 0 Å². The summed E-state index contributed by atoms with van der Waals surface area (Å²) in [7, 11) is 0. The van der Waals surface area contributed by atoms with Gasteiger partial charge in [0.2, 0.25) is 11.8 Å². The lowest BCUT2D eigenvalue weighted by molar-refractivity contribution is -0.121. The van der Waals surface area contributed by atoms with Crippen LogP contribution >= 0.6 is 0 Å². The van der Waals surface area contributed by atoms with Gasteiger partial charge in [-0.05, 0) is 43.7 Å². The van der Waals surface area contributed by atoms with Gasteiger partial charge in [-0.25, -0.2) is 4.98 Å². The molecular formula is C19H19N3O2. The second-order valence-electron chi connectivity index (χ2n) is 5.63. The summed E-state index contributed by atoms with van der Waals surface area (Å²) < 4.78 is 5.69. The lowest BCUT2D eigenvalue weighted by Crippen LogP contribution is -2.28. The molecule has 0 fully saturated rings. The average molecular weight is 321 g/mol. The topological polar surface area (TPSA) is 68.0 Å². The van der Waals surface area contributed by atoms with Gasteiger partial charge in [0, 0.05) is 18.0 Å². The number of aryl methyl sites for hydroxylation is 1. The smallest absolute Gasteiger partial charge is 0.226 e. The Kier molecular flexibility index (Phi) is 4.70. The Morgan fingerprint density at radius 3 is 2.58 bits per heavy atom. The van der Waals surface area contributed by atoms with Crippen molar-refractivity contribution >= 4 is 5.91 Å². The zero-order valence-electron chi connectivity index (χ0n) is 13.7. The van der Waals surface area contributed by atoms with E-state index in [1.54, 1.807) is 12.4 Å². The highest BCUT2D eigenvalue weighted by Crippen LogP contribution is 2.21. The van der Waals surface area contributed by atoms with E-state index in [9.17, 15) is 4.79 Å². The van der Waals surface area contributed by atoms with Crippen LogP contribution in [0.15, 0.2) is 59.3 Å². The first kappa shape index (κ1) is 15.9. The predicted molar refractivity (Wildman–Crippen MR) is 91.2 cm³/mol. The largest absolute Gasteiger partial charge is 0.441 e. The number of hydrogen-bond acceptors (Lipinski definition) is 4. The molecule has 0 radical (unpaired) electrons. The maximum Gasteiger partial charge on any atom is 0.226 e. The van der Waals surface area contributed by atoms with Crippen molar-refractivity contribution in [1.29, 1.82) is 0 Å². The van der Waals surface area contributed by atoms with Crippen molar-refractivity contribution in [2.75, 3.05) is 0 Å². The average Bonchev–Trinajstić information content (AvgIpc) is 2.97. The van der Waals surface area contributed by atoms with Crippen LogP contribution in [0.25, 0.3) is 11.5 Å². The maximum atomic E-state index is 12.3. The molecular weight excluding hydrogens is 302 g/mol. The van der Waals surface area contributed by atoms with Crippen LogP contribution in [0.2, 0.25) is 0 Å². The number of hydrogen-bond donors (Lipinski definition) is 1. The van der Waals surface area contributed by atoms with Gasteiger partial charge >= 0.3 is 0 Å². The summed E-state index contributed by atoms with van der Waals surface area (Å²) in [5.41, 5.74) is 2.57. The standard InChI is InChI=1S/C19H19N3O2/c1-13(15-8-10-20-11-9-15)21-18(23)12-17-14(2)24-19(22-17)16-6-4-3-5-7-16/h3-11,13H,12H2,1-2H3,(H,21,23). The third-order valence-corrected chi connectivity index (χ3v) is 3.83. The molecule has 1 aromatic carbocycles. The summed E-state index contributed by atoms with van der Waals surface area (Å²) in [6, 6.07) is 13.4. The third-order valence-electron chi connectivity index (χ3n) is 3.83. The van der Waals surface area contributed by atoms with E-state index < -0.39 is 0 Å². The summed E-state index contributed by atoms with van der Waals surface area (Å²) >= 11 is 0. The second kappa shape index (κ2) is 7.08. The fourth-order valence-electron chi connectivity index (χ4n) is 2.48. The molecule has 2 heterocycles. The fraction of sp³-hybridized carbons (Fsp3) is 0.211.